The van der Waals surface area contributed by atoms with E-state index in [0.717, 1.165) is 52.4 Å². The van der Waals surface area contributed by atoms with Gasteiger partial charge < -0.3 is 20.1 Å². The first-order chi connectivity index (χ1) is 10.0. The molecule has 3 unspecified atom stereocenters. The van der Waals surface area contributed by atoms with E-state index in [9.17, 15) is 5.11 Å². The Morgan fingerprint density at radius 2 is 2.19 bits per heavy atom. The number of hydrogen-bond acceptors (Lipinski definition) is 4. The van der Waals surface area contributed by atoms with Crippen LogP contribution in [-0.2, 0) is 4.74 Å². The molecule has 2 aliphatic rings. The minimum absolute atomic E-state index is 0.173. The second kappa shape index (κ2) is 7.91. The largest absolute Gasteiger partial charge is 0.393 e. The van der Waals surface area contributed by atoms with Gasteiger partial charge in [0.15, 0.2) is 0 Å². The average Bonchev–Trinajstić information content (AvgIpc) is 2.88. The Morgan fingerprint density at radius 1 is 1.38 bits per heavy atom. The van der Waals surface area contributed by atoms with Crippen LogP contribution in [0.15, 0.2) is 0 Å². The number of aliphatic hydroxyl groups is 1. The number of nitrogens with zero attached hydrogens (tertiary/aromatic N) is 1. The molecular formula is C17H34N2O2. The Bertz CT molecular complexity index is 301. The maximum absolute atomic E-state index is 9.78. The van der Waals surface area contributed by atoms with Crippen molar-refractivity contribution in [2.45, 2.75) is 46.1 Å². The molecule has 2 aliphatic heterocycles. The van der Waals surface area contributed by atoms with Crippen LogP contribution in [0, 0.1) is 17.3 Å². The van der Waals surface area contributed by atoms with E-state index in [-0.39, 0.29) is 11.5 Å². The molecule has 2 heterocycles. The third-order valence-electron chi connectivity index (χ3n) is 5.01. The molecule has 0 radical (unpaired) electrons. The van der Waals surface area contributed by atoms with Gasteiger partial charge in [-0.1, -0.05) is 13.8 Å². The van der Waals surface area contributed by atoms with Crippen molar-refractivity contribution in [2.24, 2.45) is 17.3 Å². The fourth-order valence-corrected chi connectivity index (χ4v) is 3.73. The van der Waals surface area contributed by atoms with Crippen LogP contribution in [0.25, 0.3) is 0 Å². The minimum atomic E-state index is -0.173. The summed E-state index contributed by atoms with van der Waals surface area (Å²) in [6.45, 7) is 13.7. The summed E-state index contributed by atoms with van der Waals surface area (Å²) in [5.74, 6) is 1.15. The lowest BCUT2D eigenvalue weighted by Gasteiger charge is -2.40. The molecule has 0 spiro atoms. The van der Waals surface area contributed by atoms with Crippen molar-refractivity contribution in [1.82, 2.24) is 10.2 Å². The highest BCUT2D eigenvalue weighted by molar-refractivity contribution is 4.90. The number of hydrogen-bond donors (Lipinski definition) is 2. The summed E-state index contributed by atoms with van der Waals surface area (Å²) in [6.07, 6.45) is 3.39. The summed E-state index contributed by atoms with van der Waals surface area (Å²) >= 11 is 0. The quantitative estimate of drug-likeness (QED) is 0.751. The first-order valence-electron chi connectivity index (χ1n) is 8.70. The average molecular weight is 298 g/mol. The zero-order valence-electron chi connectivity index (χ0n) is 14.1. The molecule has 0 aromatic rings. The van der Waals surface area contributed by atoms with Crippen LogP contribution in [0.3, 0.4) is 0 Å². The molecule has 2 saturated heterocycles. The number of nitrogens with one attached hydrogen (secondary N) is 1. The van der Waals surface area contributed by atoms with E-state index in [1.807, 2.05) is 6.92 Å². The zero-order chi connectivity index (χ0) is 15.3. The molecule has 4 heteroatoms. The Kier molecular flexibility index (Phi) is 6.48. The molecule has 4 nitrogen and oxygen atoms in total. The van der Waals surface area contributed by atoms with E-state index in [1.165, 1.54) is 12.8 Å². The van der Waals surface area contributed by atoms with E-state index in [2.05, 4.69) is 24.1 Å². The highest BCUT2D eigenvalue weighted by Gasteiger charge is 2.37. The van der Waals surface area contributed by atoms with Crippen molar-refractivity contribution in [2.75, 3.05) is 45.9 Å². The first-order valence-corrected chi connectivity index (χ1v) is 8.70. The van der Waals surface area contributed by atoms with Crippen molar-refractivity contribution >= 4 is 0 Å². The molecule has 0 aromatic heterocycles. The van der Waals surface area contributed by atoms with E-state index >= 15 is 0 Å². The molecule has 2 fully saturated rings. The van der Waals surface area contributed by atoms with Gasteiger partial charge in [0.2, 0.25) is 0 Å². The van der Waals surface area contributed by atoms with Gasteiger partial charge in [0, 0.05) is 31.7 Å². The van der Waals surface area contributed by atoms with Gasteiger partial charge in [-0.05, 0) is 51.1 Å². The molecule has 0 bridgehead atoms. The van der Waals surface area contributed by atoms with E-state index in [0.29, 0.717) is 11.8 Å². The van der Waals surface area contributed by atoms with E-state index in [4.69, 9.17) is 4.74 Å². The standard InChI is InChI=1S/C17H34N2O2/c1-14(2)9-18-11-17(6-4-8-21-13-17)12-19-7-5-16(10-19)15(3)20/h14-16,18,20H,4-13H2,1-3H3. The van der Waals surface area contributed by atoms with Crippen molar-refractivity contribution in [1.29, 1.82) is 0 Å². The predicted molar refractivity (Wildman–Crippen MR) is 86.4 cm³/mol. The van der Waals surface area contributed by atoms with Crippen LogP contribution in [0.5, 0.6) is 0 Å². The molecule has 124 valence electrons. The van der Waals surface area contributed by atoms with E-state index in [1.54, 1.807) is 0 Å². The summed E-state index contributed by atoms with van der Waals surface area (Å²) in [4.78, 5) is 2.54. The molecule has 2 rings (SSSR count). The molecule has 21 heavy (non-hydrogen) atoms. The highest BCUT2D eigenvalue weighted by atomic mass is 16.5. The summed E-state index contributed by atoms with van der Waals surface area (Å²) in [5, 5.41) is 13.4. The van der Waals surface area contributed by atoms with Gasteiger partial charge in [-0.3, -0.25) is 0 Å². The number of ether oxygens (including phenoxy) is 1. The Labute approximate surface area is 130 Å². The lowest BCUT2D eigenvalue weighted by molar-refractivity contribution is -0.0244. The summed E-state index contributed by atoms with van der Waals surface area (Å²) in [7, 11) is 0. The topological polar surface area (TPSA) is 44.7 Å². The van der Waals surface area contributed by atoms with Crippen molar-refractivity contribution < 1.29 is 9.84 Å². The number of aliphatic hydroxyl groups excluding tert-OH is 1. The normalized spacial score (nSPS) is 32.7. The molecule has 0 saturated carbocycles. The number of rotatable bonds is 7. The monoisotopic (exact) mass is 298 g/mol. The second-order valence-electron chi connectivity index (χ2n) is 7.71. The molecule has 3 atom stereocenters. The van der Waals surface area contributed by atoms with Crippen LogP contribution in [0.4, 0.5) is 0 Å². The summed E-state index contributed by atoms with van der Waals surface area (Å²) in [5.41, 5.74) is 0.265. The van der Waals surface area contributed by atoms with Crippen molar-refractivity contribution in [3.63, 3.8) is 0 Å². The highest BCUT2D eigenvalue weighted by Crippen LogP contribution is 2.31. The van der Waals surface area contributed by atoms with Crippen LogP contribution < -0.4 is 5.32 Å². The Morgan fingerprint density at radius 3 is 2.76 bits per heavy atom. The predicted octanol–water partition coefficient (Wildman–Crippen LogP) is 1.73. The fraction of sp³-hybridized carbons (Fsp3) is 1.00. The summed E-state index contributed by atoms with van der Waals surface area (Å²) < 4.78 is 5.81. The summed E-state index contributed by atoms with van der Waals surface area (Å²) in [6, 6.07) is 0. The molecule has 0 aliphatic carbocycles. The minimum Gasteiger partial charge on any atom is -0.393 e. The lowest BCUT2D eigenvalue weighted by Crippen LogP contribution is -2.49. The van der Waals surface area contributed by atoms with Gasteiger partial charge >= 0.3 is 0 Å². The van der Waals surface area contributed by atoms with Crippen LogP contribution in [0.1, 0.15) is 40.0 Å². The molecule has 2 N–H and O–H groups in total. The van der Waals surface area contributed by atoms with Gasteiger partial charge in [0.1, 0.15) is 0 Å². The SMILES string of the molecule is CC(C)CNCC1(CN2CCC(C(C)O)C2)CCCOC1. The first kappa shape index (κ1) is 17.2. The second-order valence-corrected chi connectivity index (χ2v) is 7.71. The van der Waals surface area contributed by atoms with E-state index < -0.39 is 0 Å². The van der Waals surface area contributed by atoms with Crippen molar-refractivity contribution in [3.05, 3.63) is 0 Å². The lowest BCUT2D eigenvalue weighted by atomic mass is 9.81. The van der Waals surface area contributed by atoms with Crippen LogP contribution in [0.2, 0.25) is 0 Å². The molecule has 0 aromatic carbocycles. The maximum atomic E-state index is 9.78. The van der Waals surface area contributed by atoms with Gasteiger partial charge in [-0.15, -0.1) is 0 Å². The van der Waals surface area contributed by atoms with Crippen LogP contribution in [-0.4, -0.2) is 62.0 Å². The fourth-order valence-electron chi connectivity index (χ4n) is 3.73. The van der Waals surface area contributed by atoms with Gasteiger partial charge in [0.05, 0.1) is 12.7 Å². The smallest absolute Gasteiger partial charge is 0.0552 e. The number of likely N-dealkylation sites (tertiary alicyclic amines) is 1. The third kappa shape index (κ3) is 5.20. The Balaban J connectivity index is 1.87. The maximum Gasteiger partial charge on any atom is 0.0552 e. The third-order valence-corrected chi connectivity index (χ3v) is 5.01. The van der Waals surface area contributed by atoms with Crippen molar-refractivity contribution in [3.8, 4) is 0 Å². The zero-order valence-corrected chi connectivity index (χ0v) is 14.1. The van der Waals surface area contributed by atoms with Crippen LogP contribution >= 0.6 is 0 Å². The van der Waals surface area contributed by atoms with Gasteiger partial charge in [0.25, 0.3) is 0 Å². The Hall–Kier alpha value is -0.160. The molecular weight excluding hydrogens is 264 g/mol. The van der Waals surface area contributed by atoms with Gasteiger partial charge in [-0.25, -0.2) is 0 Å². The molecule has 0 amide bonds. The van der Waals surface area contributed by atoms with Gasteiger partial charge in [-0.2, -0.15) is 0 Å².